The molecule has 2 aromatic heterocycles. The average molecular weight is 316 g/mol. The van der Waals surface area contributed by atoms with Crippen molar-refractivity contribution in [2.75, 3.05) is 12.4 Å². The van der Waals surface area contributed by atoms with Crippen LogP contribution in [0, 0.1) is 12.7 Å². The number of anilines is 2. The number of halogens is 1. The van der Waals surface area contributed by atoms with Gasteiger partial charge in [-0.2, -0.15) is 0 Å². The third-order valence-electron chi connectivity index (χ3n) is 2.94. The lowest BCUT2D eigenvalue weighted by molar-refractivity contribution is 0.386. The van der Waals surface area contributed by atoms with E-state index in [-0.39, 0.29) is 5.75 Å². The summed E-state index contributed by atoms with van der Waals surface area (Å²) in [5, 5.41) is 5.88. The van der Waals surface area contributed by atoms with Crippen molar-refractivity contribution in [1.29, 1.82) is 0 Å². The lowest BCUT2D eigenvalue weighted by atomic mass is 10.3. The summed E-state index contributed by atoms with van der Waals surface area (Å²) in [5.41, 5.74) is 2.06. The molecule has 2 heterocycles. The molecular formula is C15H13FN4OS. The molecule has 1 N–H and O–H groups in total. The maximum Gasteiger partial charge on any atom is 0.227 e. The normalized spacial score (nSPS) is 10.5. The maximum absolute atomic E-state index is 13.7. The largest absolute Gasteiger partial charge is 0.494 e. The molecule has 0 saturated carbocycles. The van der Waals surface area contributed by atoms with Gasteiger partial charge < -0.3 is 10.1 Å². The number of benzene rings is 1. The van der Waals surface area contributed by atoms with Crippen LogP contribution in [0.3, 0.4) is 0 Å². The Morgan fingerprint density at radius 3 is 2.73 bits per heavy atom. The predicted octanol–water partition coefficient (Wildman–Crippen LogP) is 3.80. The van der Waals surface area contributed by atoms with Crippen LogP contribution in [0.15, 0.2) is 35.8 Å². The number of rotatable bonds is 4. The summed E-state index contributed by atoms with van der Waals surface area (Å²) >= 11 is 1.56. The molecule has 0 bridgehead atoms. The Bertz CT molecular complexity index is 806. The van der Waals surface area contributed by atoms with Gasteiger partial charge in [0.2, 0.25) is 5.95 Å². The predicted molar refractivity (Wildman–Crippen MR) is 84.1 cm³/mol. The molecule has 112 valence electrons. The van der Waals surface area contributed by atoms with Crippen LogP contribution in [0.5, 0.6) is 5.75 Å². The van der Waals surface area contributed by atoms with Gasteiger partial charge >= 0.3 is 0 Å². The molecular weight excluding hydrogens is 303 g/mol. The molecule has 0 aliphatic rings. The fourth-order valence-electron chi connectivity index (χ4n) is 1.92. The lowest BCUT2D eigenvalue weighted by Crippen LogP contribution is -1.99. The van der Waals surface area contributed by atoms with Crippen molar-refractivity contribution in [1.82, 2.24) is 15.0 Å². The Balaban J connectivity index is 1.85. The van der Waals surface area contributed by atoms with Crippen LogP contribution in [0.4, 0.5) is 16.0 Å². The SMILES string of the molecule is COc1ccc(Nc2nccc(-c3csc(C)n3)n2)cc1F. The number of ether oxygens (including phenoxy) is 1. The fraction of sp³-hybridized carbons (Fsp3) is 0.133. The van der Waals surface area contributed by atoms with Gasteiger partial charge in [0.1, 0.15) is 5.69 Å². The highest BCUT2D eigenvalue weighted by Crippen LogP contribution is 2.24. The number of methoxy groups -OCH3 is 1. The highest BCUT2D eigenvalue weighted by molar-refractivity contribution is 7.09. The van der Waals surface area contributed by atoms with E-state index in [1.807, 2.05) is 12.3 Å². The number of nitrogens with one attached hydrogen (secondary N) is 1. The molecule has 0 fully saturated rings. The van der Waals surface area contributed by atoms with E-state index in [0.717, 1.165) is 16.4 Å². The summed E-state index contributed by atoms with van der Waals surface area (Å²) < 4.78 is 18.6. The van der Waals surface area contributed by atoms with Crippen molar-refractivity contribution < 1.29 is 9.13 Å². The molecule has 0 amide bonds. The van der Waals surface area contributed by atoms with E-state index >= 15 is 0 Å². The van der Waals surface area contributed by atoms with Crippen LogP contribution in [0.2, 0.25) is 0 Å². The standard InChI is InChI=1S/C15H13FN4OS/c1-9-18-13(8-22-9)12-5-6-17-15(20-12)19-10-3-4-14(21-2)11(16)7-10/h3-8H,1-2H3,(H,17,19,20). The molecule has 1 aromatic carbocycles. The van der Waals surface area contributed by atoms with Crippen LogP contribution in [-0.2, 0) is 0 Å². The Morgan fingerprint density at radius 2 is 2.05 bits per heavy atom. The summed E-state index contributed by atoms with van der Waals surface area (Å²) in [5.74, 6) is 0.129. The highest BCUT2D eigenvalue weighted by atomic mass is 32.1. The van der Waals surface area contributed by atoms with Crippen molar-refractivity contribution in [2.24, 2.45) is 0 Å². The number of thiazole rings is 1. The van der Waals surface area contributed by atoms with Crippen molar-refractivity contribution in [2.45, 2.75) is 6.92 Å². The van der Waals surface area contributed by atoms with E-state index in [1.165, 1.54) is 13.2 Å². The van der Waals surface area contributed by atoms with Crippen LogP contribution in [0.1, 0.15) is 5.01 Å². The number of aryl methyl sites for hydroxylation is 1. The van der Waals surface area contributed by atoms with E-state index in [4.69, 9.17) is 4.74 Å². The van der Waals surface area contributed by atoms with Crippen LogP contribution < -0.4 is 10.1 Å². The van der Waals surface area contributed by atoms with Gasteiger partial charge in [0, 0.05) is 23.3 Å². The Morgan fingerprint density at radius 1 is 1.18 bits per heavy atom. The number of nitrogens with zero attached hydrogens (tertiary/aromatic N) is 3. The summed E-state index contributed by atoms with van der Waals surface area (Å²) in [6, 6.07) is 6.37. The van der Waals surface area contributed by atoms with E-state index in [1.54, 1.807) is 35.7 Å². The third-order valence-corrected chi connectivity index (χ3v) is 3.72. The molecule has 0 radical (unpaired) electrons. The minimum Gasteiger partial charge on any atom is -0.494 e. The van der Waals surface area contributed by atoms with Crippen molar-refractivity contribution in [3.05, 3.63) is 46.7 Å². The van der Waals surface area contributed by atoms with E-state index in [0.29, 0.717) is 11.6 Å². The zero-order valence-electron chi connectivity index (χ0n) is 12.0. The Kier molecular flexibility index (Phi) is 3.97. The van der Waals surface area contributed by atoms with E-state index in [9.17, 15) is 4.39 Å². The van der Waals surface area contributed by atoms with Crippen molar-refractivity contribution >= 4 is 23.0 Å². The zero-order chi connectivity index (χ0) is 15.5. The molecule has 0 unspecified atom stereocenters. The summed E-state index contributed by atoms with van der Waals surface area (Å²) in [6.07, 6.45) is 1.64. The second kappa shape index (κ2) is 6.07. The third kappa shape index (κ3) is 3.04. The average Bonchev–Trinajstić information content (AvgIpc) is 2.94. The second-order valence-electron chi connectivity index (χ2n) is 4.49. The molecule has 0 spiro atoms. The monoisotopic (exact) mass is 316 g/mol. The number of hydrogen-bond acceptors (Lipinski definition) is 6. The first kappa shape index (κ1) is 14.4. The first-order chi connectivity index (χ1) is 10.7. The maximum atomic E-state index is 13.7. The van der Waals surface area contributed by atoms with Crippen LogP contribution in [-0.4, -0.2) is 22.1 Å². The summed E-state index contributed by atoms with van der Waals surface area (Å²) in [4.78, 5) is 12.9. The lowest BCUT2D eigenvalue weighted by Gasteiger charge is -2.07. The van der Waals surface area contributed by atoms with Gasteiger partial charge in [-0.1, -0.05) is 0 Å². The highest BCUT2D eigenvalue weighted by Gasteiger charge is 2.07. The Labute approximate surface area is 130 Å². The summed E-state index contributed by atoms with van der Waals surface area (Å²) in [6.45, 7) is 1.94. The minimum atomic E-state index is -0.446. The smallest absolute Gasteiger partial charge is 0.227 e. The summed E-state index contributed by atoms with van der Waals surface area (Å²) in [7, 11) is 1.42. The number of hydrogen-bond donors (Lipinski definition) is 1. The minimum absolute atomic E-state index is 0.193. The van der Waals surface area contributed by atoms with Gasteiger partial charge in [-0.15, -0.1) is 11.3 Å². The topological polar surface area (TPSA) is 59.9 Å². The molecule has 7 heteroatoms. The number of aromatic nitrogens is 3. The first-order valence-corrected chi connectivity index (χ1v) is 7.40. The fourth-order valence-corrected chi connectivity index (χ4v) is 2.52. The molecule has 0 aliphatic heterocycles. The van der Waals surface area contributed by atoms with E-state index < -0.39 is 5.82 Å². The quantitative estimate of drug-likeness (QED) is 0.793. The Hall–Kier alpha value is -2.54. The molecule has 0 atom stereocenters. The molecule has 3 rings (SSSR count). The van der Waals surface area contributed by atoms with Crippen molar-refractivity contribution in [3.63, 3.8) is 0 Å². The van der Waals surface area contributed by atoms with Crippen LogP contribution >= 0.6 is 11.3 Å². The van der Waals surface area contributed by atoms with Gasteiger partial charge in [-0.3, -0.25) is 0 Å². The zero-order valence-corrected chi connectivity index (χ0v) is 12.8. The molecule has 3 aromatic rings. The van der Waals surface area contributed by atoms with E-state index in [2.05, 4.69) is 20.3 Å². The van der Waals surface area contributed by atoms with Gasteiger partial charge in [0.25, 0.3) is 0 Å². The van der Waals surface area contributed by atoms with Gasteiger partial charge in [0.15, 0.2) is 11.6 Å². The van der Waals surface area contributed by atoms with Gasteiger partial charge in [-0.05, 0) is 25.1 Å². The van der Waals surface area contributed by atoms with Crippen LogP contribution in [0.25, 0.3) is 11.4 Å². The second-order valence-corrected chi connectivity index (χ2v) is 5.55. The molecule has 0 saturated heterocycles. The molecule has 22 heavy (non-hydrogen) atoms. The molecule has 5 nitrogen and oxygen atoms in total. The van der Waals surface area contributed by atoms with Crippen molar-refractivity contribution in [3.8, 4) is 17.1 Å². The first-order valence-electron chi connectivity index (χ1n) is 6.52. The molecule has 0 aliphatic carbocycles. The van der Waals surface area contributed by atoms with Gasteiger partial charge in [0.05, 0.1) is 17.8 Å². The van der Waals surface area contributed by atoms with Gasteiger partial charge in [-0.25, -0.2) is 19.3 Å².